The van der Waals surface area contributed by atoms with Gasteiger partial charge in [-0.15, -0.1) is 0 Å². The number of benzene rings is 2. The number of carbonyl (C=O) groups excluding carboxylic acids is 4. The fraction of sp³-hybridized carbons (Fsp3) is 0.200. The number of amides is 3. The van der Waals surface area contributed by atoms with Crippen molar-refractivity contribution < 1.29 is 23.9 Å². The number of hydrogen-bond donors (Lipinski definition) is 2. The summed E-state index contributed by atoms with van der Waals surface area (Å²) in [5.41, 5.74) is 1.17. The van der Waals surface area contributed by atoms with Crippen LogP contribution < -0.4 is 10.6 Å². The summed E-state index contributed by atoms with van der Waals surface area (Å²) in [6, 6.07) is 14.1. The van der Waals surface area contributed by atoms with E-state index in [9.17, 15) is 19.2 Å². The maximum absolute atomic E-state index is 12.3. The fourth-order valence-corrected chi connectivity index (χ4v) is 2.21. The molecule has 3 amide bonds. The second-order valence-electron chi connectivity index (χ2n) is 5.67. The van der Waals surface area contributed by atoms with Gasteiger partial charge < -0.3 is 10.1 Å². The van der Waals surface area contributed by atoms with Crippen molar-refractivity contribution in [3.05, 3.63) is 71.3 Å². The van der Waals surface area contributed by atoms with Crippen LogP contribution in [0.1, 0.15) is 40.1 Å². The zero-order valence-corrected chi connectivity index (χ0v) is 15.0. The number of ether oxygens (including phenoxy) is 1. The maximum atomic E-state index is 12.3. The predicted octanol–water partition coefficient (Wildman–Crippen LogP) is 2.31. The summed E-state index contributed by atoms with van der Waals surface area (Å²) >= 11 is 0. The van der Waals surface area contributed by atoms with Crippen LogP contribution in [0.5, 0.6) is 0 Å². The lowest BCUT2D eigenvalue weighted by Gasteiger charge is -2.13. The van der Waals surface area contributed by atoms with E-state index in [-0.39, 0.29) is 11.3 Å². The Kier molecular flexibility index (Phi) is 6.82. The molecule has 0 aromatic heterocycles. The molecular weight excluding hydrogens is 348 g/mol. The van der Waals surface area contributed by atoms with Crippen molar-refractivity contribution in [2.24, 2.45) is 0 Å². The quantitative estimate of drug-likeness (QED) is 0.602. The third-order valence-corrected chi connectivity index (χ3v) is 3.65. The van der Waals surface area contributed by atoms with Crippen LogP contribution >= 0.6 is 0 Å². The summed E-state index contributed by atoms with van der Waals surface area (Å²) < 4.78 is 5.05. The number of nitrogens with one attached hydrogen (secondary N) is 2. The highest BCUT2D eigenvalue weighted by Gasteiger charge is 2.21. The van der Waals surface area contributed by atoms with Crippen LogP contribution in [-0.4, -0.2) is 36.3 Å². The number of imide groups is 1. The summed E-state index contributed by atoms with van der Waals surface area (Å²) in [5, 5.41) is 4.47. The Hall–Kier alpha value is -3.48. The van der Waals surface area contributed by atoms with Gasteiger partial charge in [0.25, 0.3) is 5.91 Å². The molecular formula is C20H20N2O5. The molecule has 0 radical (unpaired) electrons. The number of hydrogen-bond acceptors (Lipinski definition) is 5. The maximum Gasteiger partial charge on any atom is 0.338 e. The minimum absolute atomic E-state index is 0.162. The minimum atomic E-state index is -1.15. The van der Waals surface area contributed by atoms with Gasteiger partial charge in [-0.05, 0) is 26.0 Å². The van der Waals surface area contributed by atoms with Gasteiger partial charge in [-0.3, -0.25) is 14.9 Å². The molecule has 140 valence electrons. The van der Waals surface area contributed by atoms with Crippen molar-refractivity contribution in [3.63, 3.8) is 0 Å². The molecule has 0 aliphatic heterocycles. The molecule has 0 aliphatic rings. The first kappa shape index (κ1) is 19.8. The first-order chi connectivity index (χ1) is 12.9. The molecule has 0 spiro atoms. The van der Waals surface area contributed by atoms with E-state index >= 15 is 0 Å². The van der Waals surface area contributed by atoms with Gasteiger partial charge in [0.2, 0.25) is 0 Å². The van der Waals surface area contributed by atoms with Gasteiger partial charge in [0.05, 0.1) is 5.56 Å². The van der Waals surface area contributed by atoms with Gasteiger partial charge in [-0.25, -0.2) is 9.59 Å². The molecule has 0 saturated carbocycles. The van der Waals surface area contributed by atoms with E-state index in [1.165, 1.54) is 31.2 Å². The Bertz CT molecular complexity index is 831. The molecule has 2 N–H and O–H groups in total. The van der Waals surface area contributed by atoms with Crippen molar-refractivity contribution in [3.8, 4) is 0 Å². The van der Waals surface area contributed by atoms with Crippen LogP contribution in [0.4, 0.5) is 4.79 Å². The third kappa shape index (κ3) is 5.50. The summed E-state index contributed by atoms with van der Waals surface area (Å²) in [6.45, 7) is 3.43. The second-order valence-corrected chi connectivity index (χ2v) is 5.67. The van der Waals surface area contributed by atoms with Gasteiger partial charge in [0.1, 0.15) is 0 Å². The SMILES string of the molecule is CCNC(=O)NC(=O)[C@@H](C)OC(=O)c1ccc(C(=O)c2ccccc2)cc1. The minimum Gasteiger partial charge on any atom is -0.449 e. The zero-order chi connectivity index (χ0) is 19.8. The van der Waals surface area contributed by atoms with E-state index < -0.39 is 24.0 Å². The molecule has 7 heteroatoms. The van der Waals surface area contributed by atoms with E-state index in [0.717, 1.165) is 0 Å². The third-order valence-electron chi connectivity index (χ3n) is 3.65. The highest BCUT2D eigenvalue weighted by molar-refractivity contribution is 6.09. The van der Waals surface area contributed by atoms with Gasteiger partial charge in [0, 0.05) is 17.7 Å². The van der Waals surface area contributed by atoms with E-state index in [4.69, 9.17) is 4.74 Å². The van der Waals surface area contributed by atoms with Crippen molar-refractivity contribution >= 4 is 23.7 Å². The summed E-state index contributed by atoms with van der Waals surface area (Å²) in [7, 11) is 0. The van der Waals surface area contributed by atoms with Crippen molar-refractivity contribution in [2.75, 3.05) is 6.54 Å². The Morgan fingerprint density at radius 2 is 1.44 bits per heavy atom. The number of rotatable bonds is 6. The van der Waals surface area contributed by atoms with Gasteiger partial charge in [0.15, 0.2) is 11.9 Å². The van der Waals surface area contributed by atoms with E-state index in [0.29, 0.717) is 17.7 Å². The molecule has 0 saturated heterocycles. The molecule has 0 aliphatic carbocycles. The van der Waals surface area contributed by atoms with Crippen LogP contribution in [0.15, 0.2) is 54.6 Å². The molecule has 0 heterocycles. The Morgan fingerprint density at radius 3 is 2.04 bits per heavy atom. The van der Waals surface area contributed by atoms with Crippen LogP contribution in [0.25, 0.3) is 0 Å². The van der Waals surface area contributed by atoms with Crippen LogP contribution in [0, 0.1) is 0 Å². The van der Waals surface area contributed by atoms with E-state index in [1.807, 2.05) is 6.07 Å². The first-order valence-corrected chi connectivity index (χ1v) is 8.42. The highest BCUT2D eigenvalue weighted by Crippen LogP contribution is 2.12. The molecule has 27 heavy (non-hydrogen) atoms. The molecule has 2 aromatic carbocycles. The van der Waals surface area contributed by atoms with Crippen molar-refractivity contribution in [1.29, 1.82) is 0 Å². The Morgan fingerprint density at radius 1 is 0.889 bits per heavy atom. The molecule has 1 atom stereocenters. The summed E-state index contributed by atoms with van der Waals surface area (Å²) in [6.07, 6.45) is -1.15. The number of ketones is 1. The number of esters is 1. The number of urea groups is 1. The standard InChI is InChI=1S/C20H20N2O5/c1-3-21-20(26)22-18(24)13(2)27-19(25)16-11-9-15(10-12-16)17(23)14-7-5-4-6-8-14/h4-13H,3H2,1-2H3,(H2,21,22,24,26)/t13-/m1/s1. The average Bonchev–Trinajstić information content (AvgIpc) is 2.68. The van der Waals surface area contributed by atoms with E-state index in [2.05, 4.69) is 10.6 Å². The zero-order valence-electron chi connectivity index (χ0n) is 15.0. The van der Waals surface area contributed by atoms with Gasteiger partial charge >= 0.3 is 12.0 Å². The summed E-state index contributed by atoms with van der Waals surface area (Å²) in [4.78, 5) is 47.6. The molecule has 0 fully saturated rings. The smallest absolute Gasteiger partial charge is 0.338 e. The molecule has 0 bridgehead atoms. The van der Waals surface area contributed by atoms with E-state index in [1.54, 1.807) is 31.2 Å². The van der Waals surface area contributed by atoms with Crippen LogP contribution in [0.2, 0.25) is 0 Å². The highest BCUT2D eigenvalue weighted by atomic mass is 16.5. The topological polar surface area (TPSA) is 102 Å². The van der Waals surface area contributed by atoms with Crippen molar-refractivity contribution in [2.45, 2.75) is 20.0 Å². The predicted molar refractivity (Wildman–Crippen MR) is 98.4 cm³/mol. The molecule has 2 aromatic rings. The Labute approximate surface area is 156 Å². The van der Waals surface area contributed by atoms with Crippen molar-refractivity contribution in [1.82, 2.24) is 10.6 Å². The lowest BCUT2D eigenvalue weighted by Crippen LogP contribution is -2.44. The van der Waals surface area contributed by atoms with Gasteiger partial charge in [-0.2, -0.15) is 0 Å². The fourth-order valence-electron chi connectivity index (χ4n) is 2.21. The van der Waals surface area contributed by atoms with Gasteiger partial charge in [-0.1, -0.05) is 42.5 Å². The monoisotopic (exact) mass is 368 g/mol. The summed E-state index contributed by atoms with van der Waals surface area (Å²) in [5.74, 6) is -1.62. The average molecular weight is 368 g/mol. The molecule has 0 unspecified atom stereocenters. The molecule has 7 nitrogen and oxygen atoms in total. The lowest BCUT2D eigenvalue weighted by atomic mass is 10.0. The Balaban J connectivity index is 1.98. The lowest BCUT2D eigenvalue weighted by molar-refractivity contribution is -0.127. The second kappa shape index (κ2) is 9.28. The first-order valence-electron chi connectivity index (χ1n) is 8.42. The largest absolute Gasteiger partial charge is 0.449 e. The molecule has 2 rings (SSSR count). The number of carbonyl (C=O) groups is 4. The van der Waals surface area contributed by atoms with Crippen LogP contribution in [0.3, 0.4) is 0 Å². The normalized spacial score (nSPS) is 11.2. The van der Waals surface area contributed by atoms with Crippen LogP contribution in [-0.2, 0) is 9.53 Å².